The van der Waals surface area contributed by atoms with Crippen molar-refractivity contribution in [1.82, 2.24) is 10.3 Å². The van der Waals surface area contributed by atoms with E-state index in [4.69, 9.17) is 4.74 Å². The molecule has 0 bridgehead atoms. The second-order valence-corrected chi connectivity index (χ2v) is 6.06. The second kappa shape index (κ2) is 8.03. The molecule has 1 aromatic heterocycles. The van der Waals surface area contributed by atoms with Crippen molar-refractivity contribution in [3.8, 4) is 5.75 Å². The van der Waals surface area contributed by atoms with E-state index in [1.54, 1.807) is 18.3 Å². The summed E-state index contributed by atoms with van der Waals surface area (Å²) in [7, 11) is 1.46. The standard InChI is InChI=1S/C19H23FN4O2/c1-3-21-19(25)14-4-7-18(22-13-14)24-10-8-23(9-11-24)15-5-6-17(26-2)16(20)12-15/h4-7,12-13H,3,8-11H2,1-2H3,(H,21,25). The molecule has 0 atom stereocenters. The van der Waals surface area contributed by atoms with Crippen molar-refractivity contribution in [2.75, 3.05) is 49.6 Å². The molecule has 6 nitrogen and oxygen atoms in total. The van der Waals surface area contributed by atoms with Gasteiger partial charge in [0.1, 0.15) is 5.82 Å². The Morgan fingerprint density at radius 3 is 2.50 bits per heavy atom. The number of hydrogen-bond acceptors (Lipinski definition) is 5. The molecule has 3 rings (SSSR count). The number of benzene rings is 1. The third kappa shape index (κ3) is 3.87. The fourth-order valence-corrected chi connectivity index (χ4v) is 3.02. The van der Waals surface area contributed by atoms with Gasteiger partial charge in [-0.15, -0.1) is 0 Å². The molecule has 2 aromatic rings. The number of halogens is 1. The van der Waals surface area contributed by atoms with E-state index in [2.05, 4.69) is 20.1 Å². The SMILES string of the molecule is CCNC(=O)c1ccc(N2CCN(c3ccc(OC)c(F)c3)CC2)nc1. The first-order chi connectivity index (χ1) is 12.6. The number of carbonyl (C=O) groups is 1. The molecule has 7 heteroatoms. The van der Waals surface area contributed by atoms with Crippen molar-refractivity contribution in [2.24, 2.45) is 0 Å². The summed E-state index contributed by atoms with van der Waals surface area (Å²) < 4.78 is 18.9. The average molecular weight is 358 g/mol. The largest absolute Gasteiger partial charge is 0.494 e. The Balaban J connectivity index is 1.61. The summed E-state index contributed by atoms with van der Waals surface area (Å²) >= 11 is 0. The summed E-state index contributed by atoms with van der Waals surface area (Å²) in [6, 6.07) is 8.69. The Bertz CT molecular complexity index is 759. The Morgan fingerprint density at radius 1 is 1.19 bits per heavy atom. The minimum absolute atomic E-state index is 0.113. The Hall–Kier alpha value is -2.83. The number of aromatic nitrogens is 1. The van der Waals surface area contributed by atoms with Gasteiger partial charge in [-0.2, -0.15) is 0 Å². The molecule has 0 spiro atoms. The number of piperazine rings is 1. The quantitative estimate of drug-likeness (QED) is 0.889. The monoisotopic (exact) mass is 358 g/mol. The van der Waals surface area contributed by atoms with Crippen LogP contribution in [0, 0.1) is 5.82 Å². The number of carbonyl (C=O) groups excluding carboxylic acids is 1. The van der Waals surface area contributed by atoms with Crippen molar-refractivity contribution in [3.63, 3.8) is 0 Å². The number of methoxy groups -OCH3 is 1. The van der Waals surface area contributed by atoms with E-state index in [0.29, 0.717) is 12.1 Å². The van der Waals surface area contributed by atoms with Gasteiger partial charge in [-0.25, -0.2) is 9.37 Å². The van der Waals surface area contributed by atoms with Crippen LogP contribution in [0.4, 0.5) is 15.9 Å². The van der Waals surface area contributed by atoms with Crippen LogP contribution in [-0.4, -0.2) is 50.7 Å². The lowest BCUT2D eigenvalue weighted by Crippen LogP contribution is -2.46. The topological polar surface area (TPSA) is 57.7 Å². The van der Waals surface area contributed by atoms with E-state index < -0.39 is 0 Å². The van der Waals surface area contributed by atoms with Gasteiger partial charge in [0.2, 0.25) is 0 Å². The van der Waals surface area contributed by atoms with Gasteiger partial charge in [-0.1, -0.05) is 0 Å². The maximum atomic E-state index is 13.9. The van der Waals surface area contributed by atoms with Gasteiger partial charge >= 0.3 is 0 Å². The smallest absolute Gasteiger partial charge is 0.252 e. The van der Waals surface area contributed by atoms with Crippen molar-refractivity contribution in [3.05, 3.63) is 47.9 Å². The normalized spacial score (nSPS) is 14.3. The molecule has 0 saturated carbocycles. The van der Waals surface area contributed by atoms with Crippen LogP contribution < -0.4 is 19.9 Å². The molecule has 1 saturated heterocycles. The van der Waals surface area contributed by atoms with Crippen LogP contribution in [0.25, 0.3) is 0 Å². The highest BCUT2D eigenvalue weighted by Gasteiger charge is 2.19. The maximum Gasteiger partial charge on any atom is 0.252 e. The number of nitrogens with zero attached hydrogens (tertiary/aromatic N) is 3. The van der Waals surface area contributed by atoms with E-state index in [-0.39, 0.29) is 17.5 Å². The van der Waals surface area contributed by atoms with Crippen LogP contribution in [0.2, 0.25) is 0 Å². The number of pyridine rings is 1. The first-order valence-electron chi connectivity index (χ1n) is 8.70. The van der Waals surface area contributed by atoms with Crippen LogP contribution in [0.1, 0.15) is 17.3 Å². The Labute approximate surface area is 152 Å². The van der Waals surface area contributed by atoms with E-state index in [1.165, 1.54) is 13.2 Å². The lowest BCUT2D eigenvalue weighted by Gasteiger charge is -2.36. The summed E-state index contributed by atoms with van der Waals surface area (Å²) in [5.41, 5.74) is 1.41. The van der Waals surface area contributed by atoms with Gasteiger partial charge in [0.15, 0.2) is 11.6 Å². The van der Waals surface area contributed by atoms with Crippen LogP contribution in [-0.2, 0) is 0 Å². The lowest BCUT2D eigenvalue weighted by molar-refractivity contribution is 0.0955. The number of amides is 1. The summed E-state index contributed by atoms with van der Waals surface area (Å²) in [5, 5.41) is 2.76. The molecule has 0 radical (unpaired) electrons. The molecule has 1 amide bonds. The zero-order valence-electron chi connectivity index (χ0n) is 15.0. The van der Waals surface area contributed by atoms with E-state index in [0.717, 1.165) is 37.7 Å². The molecule has 1 aliphatic heterocycles. The summed E-state index contributed by atoms with van der Waals surface area (Å²) in [5.74, 6) is 0.635. The average Bonchev–Trinajstić information content (AvgIpc) is 2.68. The second-order valence-electron chi connectivity index (χ2n) is 6.06. The number of hydrogen-bond donors (Lipinski definition) is 1. The highest BCUT2D eigenvalue weighted by atomic mass is 19.1. The Morgan fingerprint density at radius 2 is 1.92 bits per heavy atom. The highest BCUT2D eigenvalue weighted by molar-refractivity contribution is 5.94. The molecule has 1 aromatic carbocycles. The van der Waals surface area contributed by atoms with Crippen molar-refractivity contribution >= 4 is 17.4 Å². The molecule has 1 aliphatic rings. The fourth-order valence-electron chi connectivity index (χ4n) is 3.02. The third-order valence-corrected chi connectivity index (χ3v) is 4.45. The molecule has 0 aliphatic carbocycles. The summed E-state index contributed by atoms with van der Waals surface area (Å²) in [4.78, 5) is 20.5. The minimum Gasteiger partial charge on any atom is -0.494 e. The number of ether oxygens (including phenoxy) is 1. The van der Waals surface area contributed by atoms with E-state index in [1.807, 2.05) is 19.1 Å². The number of nitrogens with one attached hydrogen (secondary N) is 1. The van der Waals surface area contributed by atoms with E-state index >= 15 is 0 Å². The van der Waals surface area contributed by atoms with E-state index in [9.17, 15) is 9.18 Å². The fraction of sp³-hybridized carbons (Fsp3) is 0.368. The summed E-state index contributed by atoms with van der Waals surface area (Å²) in [6.45, 7) is 5.57. The van der Waals surface area contributed by atoms with Gasteiger partial charge in [-0.05, 0) is 31.2 Å². The van der Waals surface area contributed by atoms with Crippen molar-refractivity contribution < 1.29 is 13.9 Å². The van der Waals surface area contributed by atoms with Crippen molar-refractivity contribution in [1.29, 1.82) is 0 Å². The van der Waals surface area contributed by atoms with Crippen LogP contribution >= 0.6 is 0 Å². The molecular weight excluding hydrogens is 335 g/mol. The maximum absolute atomic E-state index is 13.9. The first-order valence-corrected chi connectivity index (χ1v) is 8.70. The Kier molecular flexibility index (Phi) is 5.55. The predicted octanol–water partition coefficient (Wildman–Crippen LogP) is 2.31. The molecule has 1 N–H and O–H groups in total. The molecule has 0 unspecified atom stereocenters. The zero-order chi connectivity index (χ0) is 18.5. The van der Waals surface area contributed by atoms with Crippen LogP contribution in [0.15, 0.2) is 36.5 Å². The van der Waals surface area contributed by atoms with Gasteiger partial charge < -0.3 is 19.9 Å². The van der Waals surface area contributed by atoms with Gasteiger partial charge in [-0.3, -0.25) is 4.79 Å². The van der Waals surface area contributed by atoms with Gasteiger partial charge in [0.05, 0.1) is 12.7 Å². The lowest BCUT2D eigenvalue weighted by atomic mass is 10.2. The minimum atomic E-state index is -0.352. The van der Waals surface area contributed by atoms with Gasteiger partial charge in [0.25, 0.3) is 5.91 Å². The van der Waals surface area contributed by atoms with Crippen molar-refractivity contribution in [2.45, 2.75) is 6.92 Å². The molecule has 2 heterocycles. The third-order valence-electron chi connectivity index (χ3n) is 4.45. The highest BCUT2D eigenvalue weighted by Crippen LogP contribution is 2.25. The molecule has 26 heavy (non-hydrogen) atoms. The van der Waals surface area contributed by atoms with Gasteiger partial charge in [0, 0.05) is 50.7 Å². The predicted molar refractivity (Wildman–Crippen MR) is 99.6 cm³/mol. The number of rotatable bonds is 5. The molecule has 138 valence electrons. The first kappa shape index (κ1) is 18.0. The van der Waals surface area contributed by atoms with Crippen LogP contribution in [0.5, 0.6) is 5.75 Å². The number of anilines is 2. The van der Waals surface area contributed by atoms with Crippen LogP contribution in [0.3, 0.4) is 0 Å². The molecular formula is C19H23FN4O2. The summed E-state index contributed by atoms with van der Waals surface area (Å²) in [6.07, 6.45) is 1.60. The molecule has 1 fully saturated rings. The zero-order valence-corrected chi connectivity index (χ0v) is 15.0.